The van der Waals surface area contributed by atoms with E-state index in [4.69, 9.17) is 6.42 Å². The van der Waals surface area contributed by atoms with Crippen LogP contribution in [-0.4, -0.2) is 22.8 Å². The van der Waals surface area contributed by atoms with Gasteiger partial charge in [0.1, 0.15) is 11.6 Å². The van der Waals surface area contributed by atoms with Crippen LogP contribution in [0.25, 0.3) is 0 Å². The van der Waals surface area contributed by atoms with Crippen molar-refractivity contribution in [2.75, 3.05) is 0 Å². The summed E-state index contributed by atoms with van der Waals surface area (Å²) in [5, 5.41) is 10.5. The third-order valence-corrected chi connectivity index (χ3v) is 8.44. The van der Waals surface area contributed by atoms with Crippen molar-refractivity contribution >= 4 is 11.6 Å². The second kappa shape index (κ2) is 5.18. The average Bonchev–Trinajstić information content (AvgIpc) is 2.83. The van der Waals surface area contributed by atoms with Crippen molar-refractivity contribution in [1.29, 1.82) is 0 Å². The predicted molar refractivity (Wildman–Crippen MR) is 90.8 cm³/mol. The highest BCUT2D eigenvalue weighted by Gasteiger charge is 2.63. The highest BCUT2D eigenvalue weighted by Crippen LogP contribution is 2.64. The number of ketones is 2. The van der Waals surface area contributed by atoms with Gasteiger partial charge in [-0.05, 0) is 55.3 Å². The van der Waals surface area contributed by atoms with E-state index in [-0.39, 0.29) is 34.5 Å². The summed E-state index contributed by atoms with van der Waals surface area (Å²) in [6.07, 6.45) is 10.6. The summed E-state index contributed by atoms with van der Waals surface area (Å²) in [6, 6.07) is 0. The lowest BCUT2D eigenvalue weighted by molar-refractivity contribution is -0.164. The van der Waals surface area contributed by atoms with Crippen LogP contribution in [0.15, 0.2) is 0 Å². The van der Waals surface area contributed by atoms with E-state index in [1.54, 1.807) is 0 Å². The number of carbonyl (C=O) groups excluding carboxylic acids is 2. The number of hydrogen-bond acceptors (Lipinski definition) is 3. The molecular formula is C21H28O3. The van der Waals surface area contributed by atoms with Crippen LogP contribution in [0.1, 0.15) is 58.8 Å². The molecule has 0 bridgehead atoms. The van der Waals surface area contributed by atoms with Crippen molar-refractivity contribution in [3.63, 3.8) is 0 Å². The normalized spacial score (nSPS) is 53.8. The first-order valence-electron chi connectivity index (χ1n) is 9.51. The summed E-state index contributed by atoms with van der Waals surface area (Å²) in [4.78, 5) is 25.5. The molecule has 1 N–H and O–H groups in total. The number of Topliss-reactive ketones (excluding diaryl/α,β-unsaturated/α-hetero) is 2. The van der Waals surface area contributed by atoms with Crippen LogP contribution in [-0.2, 0) is 9.59 Å². The van der Waals surface area contributed by atoms with E-state index in [1.165, 1.54) is 0 Å². The maximum absolute atomic E-state index is 13.1. The van der Waals surface area contributed by atoms with Gasteiger partial charge in [-0.3, -0.25) is 9.59 Å². The number of terminal acetylenes is 1. The zero-order valence-corrected chi connectivity index (χ0v) is 14.8. The van der Waals surface area contributed by atoms with Crippen LogP contribution >= 0.6 is 0 Å². The highest BCUT2D eigenvalue weighted by molar-refractivity contribution is 5.90. The molecule has 4 aliphatic rings. The summed E-state index contributed by atoms with van der Waals surface area (Å²) in [5.74, 6) is 4.18. The average molecular weight is 328 g/mol. The molecule has 0 heterocycles. The SMILES string of the molecule is C#C[C@@H]1C[C@@H]2CC(=O)[C@H]3[C@H](CC[C@]4(C)C(=O)CC[C@@H]34)[C@@]2(C)C[C@H]1O. The van der Waals surface area contributed by atoms with E-state index < -0.39 is 6.10 Å². The molecule has 4 rings (SSSR count). The van der Waals surface area contributed by atoms with Crippen molar-refractivity contribution in [1.82, 2.24) is 0 Å². The van der Waals surface area contributed by atoms with Crippen molar-refractivity contribution in [3.05, 3.63) is 0 Å². The first-order chi connectivity index (χ1) is 11.3. The highest BCUT2D eigenvalue weighted by atomic mass is 16.3. The number of hydrogen-bond donors (Lipinski definition) is 1. The van der Waals surface area contributed by atoms with Crippen molar-refractivity contribution < 1.29 is 14.7 Å². The minimum absolute atomic E-state index is 0.0156. The fraction of sp³-hybridized carbons (Fsp3) is 0.810. The Morgan fingerprint density at radius 1 is 1.21 bits per heavy atom. The van der Waals surface area contributed by atoms with Gasteiger partial charge >= 0.3 is 0 Å². The molecule has 130 valence electrons. The largest absolute Gasteiger partial charge is 0.392 e. The lowest BCUT2D eigenvalue weighted by atomic mass is 9.44. The molecule has 0 amide bonds. The Morgan fingerprint density at radius 3 is 2.67 bits per heavy atom. The van der Waals surface area contributed by atoms with E-state index in [2.05, 4.69) is 19.8 Å². The summed E-state index contributed by atoms with van der Waals surface area (Å²) in [7, 11) is 0. The molecule has 4 saturated carbocycles. The second-order valence-electron chi connectivity index (χ2n) is 9.31. The van der Waals surface area contributed by atoms with Gasteiger partial charge in [-0.15, -0.1) is 12.3 Å². The zero-order chi connectivity index (χ0) is 17.3. The van der Waals surface area contributed by atoms with E-state index >= 15 is 0 Å². The quantitative estimate of drug-likeness (QED) is 0.696. The third-order valence-electron chi connectivity index (χ3n) is 8.44. The van der Waals surface area contributed by atoms with Gasteiger partial charge in [0.2, 0.25) is 0 Å². The molecule has 3 nitrogen and oxygen atoms in total. The zero-order valence-electron chi connectivity index (χ0n) is 14.8. The first-order valence-corrected chi connectivity index (χ1v) is 9.51. The number of fused-ring (bicyclic) bond motifs is 5. The maximum Gasteiger partial charge on any atom is 0.139 e. The lowest BCUT2D eigenvalue weighted by Gasteiger charge is -2.59. The molecule has 0 saturated heterocycles. The maximum atomic E-state index is 13.1. The topological polar surface area (TPSA) is 54.4 Å². The van der Waals surface area contributed by atoms with E-state index in [0.717, 1.165) is 25.7 Å². The Bertz CT molecular complexity index is 631. The Kier molecular flexibility index (Phi) is 3.52. The van der Waals surface area contributed by atoms with Gasteiger partial charge in [0.25, 0.3) is 0 Å². The molecular weight excluding hydrogens is 300 g/mol. The summed E-state index contributed by atoms with van der Waals surface area (Å²) in [5.41, 5.74) is -0.299. The Labute approximate surface area is 144 Å². The van der Waals surface area contributed by atoms with Crippen LogP contribution in [0.3, 0.4) is 0 Å². The Morgan fingerprint density at radius 2 is 1.96 bits per heavy atom. The molecule has 0 aromatic heterocycles. The van der Waals surface area contributed by atoms with Gasteiger partial charge in [-0.25, -0.2) is 0 Å². The van der Waals surface area contributed by atoms with Crippen molar-refractivity contribution in [3.8, 4) is 12.3 Å². The molecule has 0 aromatic carbocycles. The van der Waals surface area contributed by atoms with Crippen LogP contribution in [0.2, 0.25) is 0 Å². The standard InChI is InChI=1S/C21H28O3/c1-4-12-9-13-10-16(22)19-14-5-6-18(24)20(14,2)8-7-15(19)21(13,3)11-17(12)23/h1,12-15,17,19,23H,5-11H2,2-3H3/t12-,13-,14+,15+,17-,19-,20+,21+/m1/s1. The monoisotopic (exact) mass is 328 g/mol. The van der Waals surface area contributed by atoms with Gasteiger partial charge < -0.3 is 5.11 Å². The minimum atomic E-state index is -0.455. The third kappa shape index (κ3) is 1.96. The summed E-state index contributed by atoms with van der Waals surface area (Å²) >= 11 is 0. The first kappa shape index (κ1) is 16.3. The van der Waals surface area contributed by atoms with E-state index in [9.17, 15) is 14.7 Å². The number of aliphatic hydroxyl groups excluding tert-OH is 1. The molecule has 0 aliphatic heterocycles. The molecule has 24 heavy (non-hydrogen) atoms. The second-order valence-corrected chi connectivity index (χ2v) is 9.31. The molecule has 4 aliphatic carbocycles. The lowest BCUT2D eigenvalue weighted by Crippen LogP contribution is -2.58. The molecule has 8 atom stereocenters. The number of aliphatic hydroxyl groups is 1. The van der Waals surface area contributed by atoms with Crippen LogP contribution in [0, 0.1) is 52.8 Å². The smallest absolute Gasteiger partial charge is 0.139 e. The number of rotatable bonds is 0. The molecule has 0 aromatic rings. The van der Waals surface area contributed by atoms with Gasteiger partial charge in [-0.2, -0.15) is 0 Å². The molecule has 3 heteroatoms. The van der Waals surface area contributed by atoms with Crippen molar-refractivity contribution in [2.24, 2.45) is 40.4 Å². The van der Waals surface area contributed by atoms with Crippen LogP contribution in [0.5, 0.6) is 0 Å². The Balaban J connectivity index is 1.70. The van der Waals surface area contributed by atoms with Crippen LogP contribution < -0.4 is 0 Å². The van der Waals surface area contributed by atoms with Gasteiger partial charge in [0.15, 0.2) is 0 Å². The molecule has 0 radical (unpaired) electrons. The van der Waals surface area contributed by atoms with Crippen LogP contribution in [0.4, 0.5) is 0 Å². The minimum Gasteiger partial charge on any atom is -0.392 e. The Hall–Kier alpha value is -1.14. The predicted octanol–water partition coefficient (Wildman–Crippen LogP) is 3.00. The summed E-state index contributed by atoms with van der Waals surface area (Å²) in [6.45, 7) is 4.37. The van der Waals surface area contributed by atoms with E-state index in [1.807, 2.05) is 0 Å². The van der Waals surface area contributed by atoms with Gasteiger partial charge in [-0.1, -0.05) is 13.8 Å². The summed E-state index contributed by atoms with van der Waals surface area (Å²) < 4.78 is 0. The molecule has 4 fully saturated rings. The molecule has 0 spiro atoms. The fourth-order valence-electron chi connectivity index (χ4n) is 6.92. The van der Waals surface area contributed by atoms with Gasteiger partial charge in [0.05, 0.1) is 6.10 Å². The van der Waals surface area contributed by atoms with Crippen molar-refractivity contribution in [2.45, 2.75) is 64.9 Å². The number of carbonyl (C=O) groups is 2. The molecule has 0 unspecified atom stereocenters. The van der Waals surface area contributed by atoms with Gasteiger partial charge in [0, 0.05) is 30.1 Å². The van der Waals surface area contributed by atoms with E-state index in [0.29, 0.717) is 36.7 Å². The fourth-order valence-corrected chi connectivity index (χ4v) is 6.92.